The van der Waals surface area contributed by atoms with Crippen molar-refractivity contribution in [1.29, 1.82) is 0 Å². The van der Waals surface area contributed by atoms with Crippen LogP contribution in [-0.4, -0.2) is 30.2 Å². The smallest absolute Gasteiger partial charge is 0.0616 e. The summed E-state index contributed by atoms with van der Waals surface area (Å²) in [7, 11) is 0. The number of hydrogen-bond donors (Lipinski definition) is 0. The van der Waals surface area contributed by atoms with E-state index in [1.807, 2.05) is 24.4 Å². The Bertz CT molecular complexity index is 942. The van der Waals surface area contributed by atoms with Crippen LogP contribution in [0.2, 0.25) is 5.02 Å². The number of likely N-dealkylation sites (tertiary alicyclic amines) is 1. The fourth-order valence-electron chi connectivity index (χ4n) is 4.06. The van der Waals surface area contributed by atoms with Gasteiger partial charge in [0.1, 0.15) is 0 Å². The van der Waals surface area contributed by atoms with E-state index in [9.17, 15) is 0 Å². The van der Waals surface area contributed by atoms with Gasteiger partial charge < -0.3 is 0 Å². The molecular weight excluding hydrogens is 376 g/mol. The SMILES string of the molecule is Cc1ccc(C(c2ccccc2Cl)N2CCC(/N=C/c3ccccc3)CC2)cc1. The second kappa shape index (κ2) is 9.39. The normalized spacial score (nSPS) is 16.9. The van der Waals surface area contributed by atoms with Crippen LogP contribution in [-0.2, 0) is 0 Å². The van der Waals surface area contributed by atoms with Crippen LogP contribution < -0.4 is 0 Å². The first-order valence-corrected chi connectivity index (χ1v) is 10.7. The maximum absolute atomic E-state index is 6.62. The lowest BCUT2D eigenvalue weighted by Gasteiger charge is -2.37. The predicted octanol–water partition coefficient (Wildman–Crippen LogP) is 6.32. The fraction of sp³-hybridized carbons (Fsp3) is 0.269. The van der Waals surface area contributed by atoms with Gasteiger partial charge in [0.15, 0.2) is 0 Å². The molecule has 4 rings (SSSR count). The van der Waals surface area contributed by atoms with E-state index in [2.05, 4.69) is 72.5 Å². The standard InChI is InChI=1S/C26H27ClN2/c1-20-11-13-22(14-12-20)26(24-9-5-6-10-25(24)27)29-17-15-23(16-18-29)28-19-21-7-3-2-4-8-21/h2-14,19,23,26H,15-18H2,1H3/b28-19+. The molecule has 1 unspecified atom stereocenters. The molecular formula is C26H27ClN2. The van der Waals surface area contributed by atoms with E-state index in [0.29, 0.717) is 6.04 Å². The Labute approximate surface area is 178 Å². The van der Waals surface area contributed by atoms with Crippen molar-refractivity contribution < 1.29 is 0 Å². The maximum atomic E-state index is 6.62. The molecule has 1 aliphatic rings. The molecule has 0 bridgehead atoms. The third-order valence-corrected chi connectivity index (χ3v) is 6.04. The third-order valence-electron chi connectivity index (χ3n) is 5.69. The first-order valence-electron chi connectivity index (χ1n) is 10.3. The van der Waals surface area contributed by atoms with Crippen molar-refractivity contribution >= 4 is 17.8 Å². The number of aliphatic imine (C=N–C) groups is 1. The van der Waals surface area contributed by atoms with E-state index in [0.717, 1.165) is 31.0 Å². The van der Waals surface area contributed by atoms with E-state index in [4.69, 9.17) is 16.6 Å². The van der Waals surface area contributed by atoms with E-state index in [-0.39, 0.29) is 6.04 Å². The summed E-state index contributed by atoms with van der Waals surface area (Å²) < 4.78 is 0. The van der Waals surface area contributed by atoms with Gasteiger partial charge in [0.05, 0.1) is 12.1 Å². The molecule has 0 amide bonds. The summed E-state index contributed by atoms with van der Waals surface area (Å²) in [5.74, 6) is 0. The molecule has 0 spiro atoms. The maximum Gasteiger partial charge on any atom is 0.0616 e. The molecule has 1 atom stereocenters. The van der Waals surface area contributed by atoms with Crippen molar-refractivity contribution in [1.82, 2.24) is 4.90 Å². The lowest BCUT2D eigenvalue weighted by atomic mass is 9.93. The van der Waals surface area contributed by atoms with Crippen LogP contribution in [0.4, 0.5) is 0 Å². The summed E-state index contributed by atoms with van der Waals surface area (Å²) in [5, 5.41) is 0.835. The van der Waals surface area contributed by atoms with E-state index >= 15 is 0 Å². The zero-order valence-electron chi connectivity index (χ0n) is 16.8. The summed E-state index contributed by atoms with van der Waals surface area (Å²) in [6, 6.07) is 28.0. The zero-order chi connectivity index (χ0) is 20.1. The van der Waals surface area contributed by atoms with Crippen molar-refractivity contribution in [2.45, 2.75) is 31.8 Å². The number of aryl methyl sites for hydroxylation is 1. The molecule has 1 aliphatic heterocycles. The van der Waals surface area contributed by atoms with Crippen molar-refractivity contribution in [3.05, 3.63) is 106 Å². The molecule has 0 radical (unpaired) electrons. The molecule has 0 aliphatic carbocycles. The van der Waals surface area contributed by atoms with Crippen molar-refractivity contribution in [2.75, 3.05) is 13.1 Å². The van der Waals surface area contributed by atoms with Gasteiger partial charge in [-0.05, 0) is 42.5 Å². The molecule has 3 aromatic rings. The number of rotatable bonds is 5. The summed E-state index contributed by atoms with van der Waals surface area (Å²) in [6.45, 7) is 4.16. The first kappa shape index (κ1) is 19.9. The highest BCUT2D eigenvalue weighted by Crippen LogP contribution is 2.35. The molecule has 1 saturated heterocycles. The molecule has 0 aromatic heterocycles. The van der Waals surface area contributed by atoms with E-state index in [1.165, 1.54) is 22.3 Å². The molecule has 2 nitrogen and oxygen atoms in total. The molecule has 29 heavy (non-hydrogen) atoms. The Morgan fingerprint density at radius 1 is 0.897 bits per heavy atom. The van der Waals surface area contributed by atoms with Crippen LogP contribution in [0.5, 0.6) is 0 Å². The van der Waals surface area contributed by atoms with Crippen LogP contribution >= 0.6 is 11.6 Å². The molecule has 0 N–H and O–H groups in total. The Morgan fingerprint density at radius 2 is 1.55 bits per heavy atom. The Kier molecular flexibility index (Phi) is 6.43. The highest BCUT2D eigenvalue weighted by molar-refractivity contribution is 6.31. The average Bonchev–Trinajstić information content (AvgIpc) is 2.77. The highest BCUT2D eigenvalue weighted by Gasteiger charge is 2.28. The van der Waals surface area contributed by atoms with Gasteiger partial charge in [0.2, 0.25) is 0 Å². The summed E-state index contributed by atoms with van der Waals surface area (Å²) in [5.41, 5.74) is 4.93. The van der Waals surface area contributed by atoms with Crippen LogP contribution in [0.25, 0.3) is 0 Å². The van der Waals surface area contributed by atoms with Gasteiger partial charge in [-0.2, -0.15) is 0 Å². The second-order valence-electron chi connectivity index (χ2n) is 7.79. The topological polar surface area (TPSA) is 15.6 Å². The lowest BCUT2D eigenvalue weighted by Crippen LogP contribution is -2.38. The van der Waals surface area contributed by atoms with Crippen LogP contribution in [0.1, 0.15) is 41.1 Å². The van der Waals surface area contributed by atoms with E-state index in [1.54, 1.807) is 0 Å². The van der Waals surface area contributed by atoms with Gasteiger partial charge in [-0.1, -0.05) is 90.0 Å². The van der Waals surface area contributed by atoms with Gasteiger partial charge in [-0.25, -0.2) is 0 Å². The zero-order valence-corrected chi connectivity index (χ0v) is 17.6. The van der Waals surface area contributed by atoms with Gasteiger partial charge in [0, 0.05) is 24.3 Å². The number of benzene rings is 3. The largest absolute Gasteiger partial charge is 0.292 e. The van der Waals surface area contributed by atoms with E-state index < -0.39 is 0 Å². The van der Waals surface area contributed by atoms with Crippen molar-refractivity contribution in [3.8, 4) is 0 Å². The van der Waals surface area contributed by atoms with Crippen molar-refractivity contribution in [2.24, 2.45) is 4.99 Å². The molecule has 0 saturated carbocycles. The minimum Gasteiger partial charge on any atom is -0.292 e. The highest BCUT2D eigenvalue weighted by atomic mass is 35.5. The average molecular weight is 403 g/mol. The van der Waals surface area contributed by atoms with Gasteiger partial charge in [-0.15, -0.1) is 0 Å². The van der Waals surface area contributed by atoms with Gasteiger partial charge in [-0.3, -0.25) is 9.89 Å². The predicted molar refractivity (Wildman–Crippen MR) is 123 cm³/mol. The summed E-state index contributed by atoms with van der Waals surface area (Å²) >= 11 is 6.62. The first-order chi connectivity index (χ1) is 14.2. The van der Waals surface area contributed by atoms with Gasteiger partial charge >= 0.3 is 0 Å². The molecule has 3 aromatic carbocycles. The number of halogens is 1. The molecule has 1 heterocycles. The van der Waals surface area contributed by atoms with Crippen LogP contribution in [0.3, 0.4) is 0 Å². The fourth-order valence-corrected chi connectivity index (χ4v) is 4.30. The lowest BCUT2D eigenvalue weighted by molar-refractivity contribution is 0.175. The minimum atomic E-state index is 0.184. The molecule has 3 heteroatoms. The van der Waals surface area contributed by atoms with Crippen molar-refractivity contribution in [3.63, 3.8) is 0 Å². The Balaban J connectivity index is 1.51. The Hall–Kier alpha value is -2.42. The number of nitrogens with zero attached hydrogens (tertiary/aromatic N) is 2. The summed E-state index contributed by atoms with van der Waals surface area (Å²) in [6.07, 6.45) is 4.15. The van der Waals surface area contributed by atoms with Gasteiger partial charge in [0.25, 0.3) is 0 Å². The second-order valence-corrected chi connectivity index (χ2v) is 8.20. The number of hydrogen-bond acceptors (Lipinski definition) is 2. The molecule has 148 valence electrons. The monoisotopic (exact) mass is 402 g/mol. The molecule has 1 fully saturated rings. The Morgan fingerprint density at radius 3 is 2.24 bits per heavy atom. The summed E-state index contributed by atoms with van der Waals surface area (Å²) in [4.78, 5) is 7.40. The number of piperidine rings is 1. The minimum absolute atomic E-state index is 0.184. The van der Waals surface area contributed by atoms with Crippen LogP contribution in [0, 0.1) is 6.92 Å². The van der Waals surface area contributed by atoms with Crippen LogP contribution in [0.15, 0.2) is 83.9 Å². The quantitative estimate of drug-likeness (QED) is 0.456. The third kappa shape index (κ3) is 4.95.